The van der Waals surface area contributed by atoms with E-state index in [4.69, 9.17) is 13.9 Å². The summed E-state index contributed by atoms with van der Waals surface area (Å²) in [6.07, 6.45) is 0.677. The number of benzene rings is 1. The summed E-state index contributed by atoms with van der Waals surface area (Å²) >= 11 is 1.62. The highest BCUT2D eigenvalue weighted by molar-refractivity contribution is 7.13. The standard InChI is InChI=1S/C17H16N2O3S/c1-10-5-15(23-9-10)17-19-18-16(22-17)6-11-8-21-14-7-12(20-2)3-4-13(11)14/h3-5,7,9,11H,6,8H2,1-2H3. The van der Waals surface area contributed by atoms with E-state index in [0.717, 1.165) is 21.9 Å². The van der Waals surface area contributed by atoms with Gasteiger partial charge in [-0.3, -0.25) is 0 Å². The lowest BCUT2D eigenvalue weighted by molar-refractivity contribution is 0.321. The van der Waals surface area contributed by atoms with Crippen LogP contribution in [0, 0.1) is 6.92 Å². The van der Waals surface area contributed by atoms with Crippen molar-refractivity contribution in [2.45, 2.75) is 19.3 Å². The highest BCUT2D eigenvalue weighted by Gasteiger charge is 2.27. The molecule has 0 spiro atoms. The van der Waals surface area contributed by atoms with Crippen LogP contribution in [0.3, 0.4) is 0 Å². The van der Waals surface area contributed by atoms with E-state index in [1.165, 1.54) is 5.56 Å². The van der Waals surface area contributed by atoms with Crippen molar-refractivity contribution >= 4 is 11.3 Å². The predicted molar refractivity (Wildman–Crippen MR) is 87.3 cm³/mol. The van der Waals surface area contributed by atoms with Crippen molar-refractivity contribution in [1.29, 1.82) is 0 Å². The average Bonchev–Trinajstić information content (AvgIpc) is 3.28. The van der Waals surface area contributed by atoms with Gasteiger partial charge in [0.2, 0.25) is 5.89 Å². The number of thiophene rings is 1. The Morgan fingerprint density at radius 1 is 1.30 bits per heavy atom. The lowest BCUT2D eigenvalue weighted by atomic mass is 9.98. The van der Waals surface area contributed by atoms with Gasteiger partial charge in [-0.2, -0.15) is 0 Å². The number of methoxy groups -OCH3 is 1. The number of nitrogens with zero attached hydrogens (tertiary/aromatic N) is 2. The molecule has 1 unspecified atom stereocenters. The van der Waals surface area contributed by atoms with Crippen molar-refractivity contribution in [2.24, 2.45) is 0 Å². The molecule has 23 heavy (non-hydrogen) atoms. The molecule has 1 aliphatic rings. The molecule has 0 fully saturated rings. The van der Waals surface area contributed by atoms with E-state index in [1.807, 2.05) is 18.2 Å². The Bertz CT molecular complexity index is 840. The van der Waals surface area contributed by atoms with E-state index in [2.05, 4.69) is 28.6 Å². The molecule has 4 rings (SSSR count). The highest BCUT2D eigenvalue weighted by Crippen LogP contribution is 2.38. The minimum absolute atomic E-state index is 0.231. The Labute approximate surface area is 137 Å². The molecule has 0 radical (unpaired) electrons. The maximum atomic E-state index is 5.81. The summed E-state index contributed by atoms with van der Waals surface area (Å²) in [5.74, 6) is 3.14. The van der Waals surface area contributed by atoms with Gasteiger partial charge in [-0.1, -0.05) is 6.07 Å². The molecule has 0 saturated carbocycles. The van der Waals surface area contributed by atoms with Gasteiger partial charge in [0.25, 0.3) is 5.89 Å². The number of fused-ring (bicyclic) bond motifs is 1. The number of aromatic nitrogens is 2. The highest BCUT2D eigenvalue weighted by atomic mass is 32.1. The quantitative estimate of drug-likeness (QED) is 0.728. The van der Waals surface area contributed by atoms with Crippen LogP contribution in [0.15, 0.2) is 34.1 Å². The van der Waals surface area contributed by atoms with E-state index in [9.17, 15) is 0 Å². The molecule has 1 atom stereocenters. The molecule has 0 amide bonds. The molecule has 0 bridgehead atoms. The molecule has 0 saturated heterocycles. The minimum atomic E-state index is 0.231. The second kappa shape index (κ2) is 5.70. The Morgan fingerprint density at radius 2 is 2.22 bits per heavy atom. The first-order valence-corrected chi connectivity index (χ1v) is 8.29. The minimum Gasteiger partial charge on any atom is -0.497 e. The van der Waals surface area contributed by atoms with E-state index in [1.54, 1.807) is 18.4 Å². The maximum absolute atomic E-state index is 5.81. The van der Waals surface area contributed by atoms with Gasteiger partial charge in [0.05, 0.1) is 18.6 Å². The summed E-state index contributed by atoms with van der Waals surface area (Å²) in [5.41, 5.74) is 2.37. The molecule has 1 aliphatic heterocycles. The van der Waals surface area contributed by atoms with Crippen LogP contribution in [0.5, 0.6) is 11.5 Å². The summed E-state index contributed by atoms with van der Waals surface area (Å²) in [6.45, 7) is 2.68. The summed E-state index contributed by atoms with van der Waals surface area (Å²) in [5, 5.41) is 10.4. The van der Waals surface area contributed by atoms with Crippen LogP contribution in [-0.4, -0.2) is 23.9 Å². The molecular weight excluding hydrogens is 312 g/mol. The number of aryl methyl sites for hydroxylation is 1. The number of rotatable bonds is 4. The van der Waals surface area contributed by atoms with Gasteiger partial charge in [0, 0.05) is 24.0 Å². The molecule has 118 valence electrons. The zero-order chi connectivity index (χ0) is 15.8. The molecular formula is C17H16N2O3S. The van der Waals surface area contributed by atoms with E-state index in [0.29, 0.717) is 24.8 Å². The smallest absolute Gasteiger partial charge is 0.257 e. The third-order valence-corrected chi connectivity index (χ3v) is 4.97. The lowest BCUT2D eigenvalue weighted by Crippen LogP contribution is -2.04. The Hall–Kier alpha value is -2.34. The third-order valence-electron chi connectivity index (χ3n) is 3.93. The first kappa shape index (κ1) is 14.3. The SMILES string of the molecule is COc1ccc2c(c1)OCC2Cc1nnc(-c2cc(C)cs2)o1. The fraction of sp³-hybridized carbons (Fsp3) is 0.294. The monoisotopic (exact) mass is 328 g/mol. The predicted octanol–water partition coefficient (Wildman–Crippen LogP) is 3.83. The molecule has 3 aromatic rings. The third kappa shape index (κ3) is 2.70. The molecule has 0 aliphatic carbocycles. The molecule has 6 heteroatoms. The summed E-state index contributed by atoms with van der Waals surface area (Å²) in [6, 6.07) is 7.98. The van der Waals surface area contributed by atoms with Crippen molar-refractivity contribution in [1.82, 2.24) is 10.2 Å². The van der Waals surface area contributed by atoms with E-state index >= 15 is 0 Å². The first-order chi connectivity index (χ1) is 11.2. The van der Waals surface area contributed by atoms with E-state index in [-0.39, 0.29) is 5.92 Å². The lowest BCUT2D eigenvalue weighted by Gasteiger charge is -2.06. The van der Waals surface area contributed by atoms with Crippen molar-refractivity contribution in [2.75, 3.05) is 13.7 Å². The van der Waals surface area contributed by atoms with Crippen molar-refractivity contribution in [3.05, 3.63) is 46.7 Å². The summed E-state index contributed by atoms with van der Waals surface area (Å²) in [7, 11) is 1.65. The molecule has 1 aromatic carbocycles. The number of ether oxygens (including phenoxy) is 2. The van der Waals surface area contributed by atoms with Gasteiger partial charge in [-0.25, -0.2) is 0 Å². The van der Waals surface area contributed by atoms with Gasteiger partial charge >= 0.3 is 0 Å². The van der Waals surface area contributed by atoms with Crippen LogP contribution < -0.4 is 9.47 Å². The molecule has 5 nitrogen and oxygen atoms in total. The van der Waals surface area contributed by atoms with Gasteiger partial charge in [-0.05, 0) is 30.0 Å². The van der Waals surface area contributed by atoms with Crippen molar-refractivity contribution in [3.8, 4) is 22.3 Å². The first-order valence-electron chi connectivity index (χ1n) is 7.41. The van der Waals surface area contributed by atoms with Gasteiger partial charge in [0.15, 0.2) is 0 Å². The topological polar surface area (TPSA) is 57.4 Å². The van der Waals surface area contributed by atoms with Crippen LogP contribution in [-0.2, 0) is 6.42 Å². The van der Waals surface area contributed by atoms with E-state index < -0.39 is 0 Å². The Kier molecular flexibility index (Phi) is 3.53. The Balaban J connectivity index is 1.53. The largest absolute Gasteiger partial charge is 0.497 e. The number of hydrogen-bond acceptors (Lipinski definition) is 6. The van der Waals surface area contributed by atoms with Crippen LogP contribution in [0.25, 0.3) is 10.8 Å². The zero-order valence-corrected chi connectivity index (χ0v) is 13.7. The molecule has 2 aromatic heterocycles. The second-order valence-electron chi connectivity index (χ2n) is 5.61. The Morgan fingerprint density at radius 3 is 3.00 bits per heavy atom. The number of hydrogen-bond donors (Lipinski definition) is 0. The molecule has 3 heterocycles. The van der Waals surface area contributed by atoms with Crippen molar-refractivity contribution in [3.63, 3.8) is 0 Å². The second-order valence-corrected chi connectivity index (χ2v) is 6.52. The maximum Gasteiger partial charge on any atom is 0.257 e. The fourth-order valence-corrected chi connectivity index (χ4v) is 3.56. The van der Waals surface area contributed by atoms with Crippen molar-refractivity contribution < 1.29 is 13.9 Å². The van der Waals surface area contributed by atoms with Crippen LogP contribution in [0.1, 0.15) is 22.9 Å². The average molecular weight is 328 g/mol. The van der Waals surface area contributed by atoms with Gasteiger partial charge in [-0.15, -0.1) is 21.5 Å². The summed E-state index contributed by atoms with van der Waals surface area (Å²) < 4.78 is 16.8. The fourth-order valence-electron chi connectivity index (χ4n) is 2.74. The van der Waals surface area contributed by atoms with Crippen LogP contribution in [0.2, 0.25) is 0 Å². The van der Waals surface area contributed by atoms with Crippen LogP contribution in [0.4, 0.5) is 0 Å². The summed E-state index contributed by atoms with van der Waals surface area (Å²) in [4.78, 5) is 1.01. The van der Waals surface area contributed by atoms with Crippen LogP contribution >= 0.6 is 11.3 Å². The zero-order valence-electron chi connectivity index (χ0n) is 12.9. The van der Waals surface area contributed by atoms with Gasteiger partial charge in [0.1, 0.15) is 11.5 Å². The normalized spacial score (nSPS) is 16.2. The molecule has 0 N–H and O–H groups in total. The van der Waals surface area contributed by atoms with Gasteiger partial charge < -0.3 is 13.9 Å².